The van der Waals surface area contributed by atoms with Gasteiger partial charge in [-0.1, -0.05) is 29.8 Å². The molecule has 5 nitrogen and oxygen atoms in total. The molecule has 1 rings (SSSR count). The molecule has 0 heterocycles. The van der Waals surface area contributed by atoms with E-state index < -0.39 is 5.97 Å². The van der Waals surface area contributed by atoms with E-state index in [4.69, 9.17) is 5.11 Å². The molecule has 0 bridgehead atoms. The number of ketones is 1. The number of aliphatic carboxylic acids is 1. The van der Waals surface area contributed by atoms with E-state index in [9.17, 15) is 14.4 Å². The Morgan fingerprint density at radius 2 is 1.67 bits per heavy atom. The van der Waals surface area contributed by atoms with Gasteiger partial charge in [0.05, 0.1) is 0 Å². The standard InChI is InChI=1S/C16H21NO4/c1-11(2)17(10-16(20)21)15(19)9-8-14(18)13-6-4-12(3)5-7-13/h4-7,11H,8-10H2,1-3H3,(H,20,21). The number of aryl methyl sites for hydroxylation is 1. The Kier molecular flexibility index (Phi) is 6.09. The first-order chi connectivity index (χ1) is 9.81. The number of benzene rings is 1. The van der Waals surface area contributed by atoms with Gasteiger partial charge in [-0.25, -0.2) is 0 Å². The number of Topliss-reactive ketones (excluding diaryl/α,β-unsaturated/α-hetero) is 1. The van der Waals surface area contributed by atoms with Gasteiger partial charge in [0.25, 0.3) is 0 Å². The lowest BCUT2D eigenvalue weighted by Crippen LogP contribution is -2.40. The third kappa shape index (κ3) is 5.38. The molecule has 5 heteroatoms. The van der Waals surface area contributed by atoms with Crippen LogP contribution in [0.4, 0.5) is 0 Å². The number of carbonyl (C=O) groups is 3. The Morgan fingerprint density at radius 1 is 1.10 bits per heavy atom. The molecule has 1 aromatic carbocycles. The number of amides is 1. The van der Waals surface area contributed by atoms with E-state index in [1.165, 1.54) is 4.90 Å². The average molecular weight is 291 g/mol. The topological polar surface area (TPSA) is 74.7 Å². The Labute approximate surface area is 124 Å². The first-order valence-electron chi connectivity index (χ1n) is 6.92. The van der Waals surface area contributed by atoms with Crippen molar-refractivity contribution in [3.63, 3.8) is 0 Å². The van der Waals surface area contributed by atoms with Crippen LogP contribution in [0.5, 0.6) is 0 Å². The van der Waals surface area contributed by atoms with Crippen LogP contribution in [0, 0.1) is 6.92 Å². The van der Waals surface area contributed by atoms with Crippen molar-refractivity contribution >= 4 is 17.7 Å². The SMILES string of the molecule is Cc1ccc(C(=O)CCC(=O)N(CC(=O)O)C(C)C)cc1. The van der Waals surface area contributed by atoms with Gasteiger partial charge in [0, 0.05) is 24.4 Å². The molecule has 0 radical (unpaired) electrons. The number of carboxylic acid groups (broad SMARTS) is 1. The van der Waals surface area contributed by atoms with Crippen LogP contribution in [0.2, 0.25) is 0 Å². The van der Waals surface area contributed by atoms with Crippen molar-refractivity contribution in [1.29, 1.82) is 0 Å². The molecular formula is C16H21NO4. The lowest BCUT2D eigenvalue weighted by molar-refractivity contribution is -0.145. The normalized spacial score (nSPS) is 10.5. The van der Waals surface area contributed by atoms with Crippen LogP contribution in [0.3, 0.4) is 0 Å². The molecule has 0 aromatic heterocycles. The summed E-state index contributed by atoms with van der Waals surface area (Å²) >= 11 is 0. The summed E-state index contributed by atoms with van der Waals surface area (Å²) in [5, 5.41) is 8.80. The minimum atomic E-state index is -1.05. The van der Waals surface area contributed by atoms with Gasteiger partial charge in [0.2, 0.25) is 5.91 Å². The highest BCUT2D eigenvalue weighted by Crippen LogP contribution is 2.10. The summed E-state index contributed by atoms with van der Waals surface area (Å²) in [4.78, 5) is 36.0. The number of carboxylic acids is 1. The molecule has 0 fully saturated rings. The fourth-order valence-electron chi connectivity index (χ4n) is 1.95. The molecule has 0 aliphatic heterocycles. The lowest BCUT2D eigenvalue weighted by atomic mass is 10.0. The summed E-state index contributed by atoms with van der Waals surface area (Å²) < 4.78 is 0. The fourth-order valence-corrected chi connectivity index (χ4v) is 1.95. The second-order valence-electron chi connectivity index (χ2n) is 5.30. The molecule has 1 N–H and O–H groups in total. The Morgan fingerprint density at radius 3 is 2.14 bits per heavy atom. The van der Waals surface area contributed by atoms with Crippen molar-refractivity contribution < 1.29 is 19.5 Å². The van der Waals surface area contributed by atoms with E-state index in [0.717, 1.165) is 5.56 Å². The lowest BCUT2D eigenvalue weighted by Gasteiger charge is -2.24. The van der Waals surface area contributed by atoms with Gasteiger partial charge in [0.15, 0.2) is 5.78 Å². The molecule has 0 saturated carbocycles. The summed E-state index contributed by atoms with van der Waals surface area (Å²) in [7, 11) is 0. The van der Waals surface area contributed by atoms with E-state index in [1.54, 1.807) is 26.0 Å². The Bertz CT molecular complexity index is 520. The maximum Gasteiger partial charge on any atom is 0.323 e. The molecule has 1 aromatic rings. The largest absolute Gasteiger partial charge is 0.480 e. The second kappa shape index (κ2) is 7.57. The molecule has 0 unspecified atom stereocenters. The third-order valence-electron chi connectivity index (χ3n) is 3.19. The maximum absolute atomic E-state index is 12.0. The minimum absolute atomic E-state index is 0.0260. The molecule has 21 heavy (non-hydrogen) atoms. The van der Waals surface area contributed by atoms with E-state index in [-0.39, 0.29) is 37.1 Å². The molecule has 114 valence electrons. The second-order valence-corrected chi connectivity index (χ2v) is 5.30. The van der Waals surface area contributed by atoms with Crippen LogP contribution in [0.15, 0.2) is 24.3 Å². The third-order valence-corrected chi connectivity index (χ3v) is 3.19. The van der Waals surface area contributed by atoms with Gasteiger partial charge in [-0.15, -0.1) is 0 Å². The predicted octanol–water partition coefficient (Wildman–Crippen LogP) is 2.28. The maximum atomic E-state index is 12.0. The quantitative estimate of drug-likeness (QED) is 0.782. The Balaban J connectivity index is 2.60. The fraction of sp³-hybridized carbons (Fsp3) is 0.438. The van der Waals surface area contributed by atoms with E-state index in [0.29, 0.717) is 5.56 Å². The van der Waals surface area contributed by atoms with Gasteiger partial charge in [-0.2, -0.15) is 0 Å². The summed E-state index contributed by atoms with van der Waals surface area (Å²) in [6.45, 7) is 5.10. The summed E-state index contributed by atoms with van der Waals surface area (Å²) in [5.74, 6) is -1.47. The predicted molar refractivity (Wildman–Crippen MR) is 79.2 cm³/mol. The smallest absolute Gasteiger partial charge is 0.323 e. The number of rotatable bonds is 7. The molecular weight excluding hydrogens is 270 g/mol. The van der Waals surface area contributed by atoms with Crippen molar-refractivity contribution in [3.05, 3.63) is 35.4 Å². The summed E-state index contributed by atoms with van der Waals surface area (Å²) in [5.41, 5.74) is 1.64. The number of nitrogens with zero attached hydrogens (tertiary/aromatic N) is 1. The summed E-state index contributed by atoms with van der Waals surface area (Å²) in [6.07, 6.45) is 0.114. The molecule has 1 amide bonds. The van der Waals surface area contributed by atoms with Gasteiger partial charge in [-0.3, -0.25) is 14.4 Å². The molecule has 0 aliphatic rings. The van der Waals surface area contributed by atoms with Crippen LogP contribution in [-0.4, -0.2) is 40.3 Å². The highest BCUT2D eigenvalue weighted by atomic mass is 16.4. The van der Waals surface area contributed by atoms with Crippen LogP contribution in [0.25, 0.3) is 0 Å². The first-order valence-corrected chi connectivity index (χ1v) is 6.92. The van der Waals surface area contributed by atoms with Crippen molar-refractivity contribution in [2.75, 3.05) is 6.54 Å². The zero-order valence-corrected chi connectivity index (χ0v) is 12.6. The van der Waals surface area contributed by atoms with E-state index >= 15 is 0 Å². The monoisotopic (exact) mass is 291 g/mol. The van der Waals surface area contributed by atoms with Crippen LogP contribution >= 0.6 is 0 Å². The van der Waals surface area contributed by atoms with E-state index in [2.05, 4.69) is 0 Å². The zero-order valence-electron chi connectivity index (χ0n) is 12.6. The minimum Gasteiger partial charge on any atom is -0.480 e. The van der Waals surface area contributed by atoms with E-state index in [1.807, 2.05) is 19.1 Å². The van der Waals surface area contributed by atoms with Crippen molar-refractivity contribution in [2.24, 2.45) is 0 Å². The van der Waals surface area contributed by atoms with Gasteiger partial charge < -0.3 is 10.0 Å². The van der Waals surface area contributed by atoms with Crippen LogP contribution < -0.4 is 0 Å². The van der Waals surface area contributed by atoms with Crippen LogP contribution in [-0.2, 0) is 9.59 Å². The van der Waals surface area contributed by atoms with Crippen molar-refractivity contribution in [1.82, 2.24) is 4.90 Å². The molecule has 0 atom stereocenters. The first kappa shape index (κ1) is 16.9. The molecule has 0 aliphatic carbocycles. The average Bonchev–Trinajstić information content (AvgIpc) is 2.42. The molecule has 0 saturated heterocycles. The van der Waals surface area contributed by atoms with Gasteiger partial charge >= 0.3 is 5.97 Å². The van der Waals surface area contributed by atoms with Crippen LogP contribution in [0.1, 0.15) is 42.6 Å². The summed E-state index contributed by atoms with van der Waals surface area (Å²) in [6, 6.07) is 6.96. The zero-order chi connectivity index (χ0) is 16.0. The number of hydrogen-bond donors (Lipinski definition) is 1. The van der Waals surface area contributed by atoms with Crippen molar-refractivity contribution in [2.45, 2.75) is 39.7 Å². The van der Waals surface area contributed by atoms with Crippen molar-refractivity contribution in [3.8, 4) is 0 Å². The van der Waals surface area contributed by atoms with Gasteiger partial charge in [-0.05, 0) is 20.8 Å². The highest BCUT2D eigenvalue weighted by molar-refractivity contribution is 5.98. The number of carbonyl (C=O) groups excluding carboxylic acids is 2. The van der Waals surface area contributed by atoms with Gasteiger partial charge in [0.1, 0.15) is 6.54 Å². The Hall–Kier alpha value is -2.17. The molecule has 0 spiro atoms. The highest BCUT2D eigenvalue weighted by Gasteiger charge is 2.20. The number of hydrogen-bond acceptors (Lipinski definition) is 3.